The maximum Gasteiger partial charge on any atom is 0.307 e. The monoisotopic (exact) mass is 305 g/mol. The number of fused-ring (bicyclic) bond motifs is 1. The van der Waals surface area contributed by atoms with Crippen LogP contribution in [0.5, 0.6) is 5.75 Å². The van der Waals surface area contributed by atoms with Crippen molar-refractivity contribution < 1.29 is 14.6 Å². The van der Waals surface area contributed by atoms with Gasteiger partial charge in [0.2, 0.25) is 0 Å². The van der Waals surface area contributed by atoms with E-state index in [9.17, 15) is 4.79 Å². The van der Waals surface area contributed by atoms with Crippen LogP contribution in [-0.2, 0) is 18.3 Å². The van der Waals surface area contributed by atoms with Gasteiger partial charge in [0, 0.05) is 23.6 Å². The second-order valence-electron chi connectivity index (χ2n) is 4.08. The Labute approximate surface area is 124 Å². The van der Waals surface area contributed by atoms with E-state index < -0.39 is 5.97 Å². The van der Waals surface area contributed by atoms with E-state index in [-0.39, 0.29) is 31.2 Å². The zero-order chi connectivity index (χ0) is 12.6. The Bertz CT molecular complexity index is 593. The Kier molecular flexibility index (Phi) is 6.19. The van der Waals surface area contributed by atoms with Gasteiger partial charge in [0.1, 0.15) is 5.75 Å². The van der Waals surface area contributed by atoms with E-state index in [1.165, 1.54) is 0 Å². The molecule has 0 saturated carbocycles. The number of methoxy groups -OCH3 is 1. The van der Waals surface area contributed by atoms with Gasteiger partial charge in [0.05, 0.1) is 13.5 Å². The standard InChI is InChI=1S/C13H15NO3.2ClH/c1-8-10(7-13(15)16)11-6-9(17-3)4-5-12(11)14(8)2;;/h4-6H,7H2,1-3H3,(H,15,16);2*1H. The van der Waals surface area contributed by atoms with Crippen molar-refractivity contribution in [1.82, 2.24) is 4.57 Å². The lowest BCUT2D eigenvalue weighted by atomic mass is 10.1. The minimum atomic E-state index is -0.816. The van der Waals surface area contributed by atoms with Crippen LogP contribution in [-0.4, -0.2) is 22.8 Å². The number of nitrogens with zero attached hydrogens (tertiary/aromatic N) is 1. The van der Waals surface area contributed by atoms with E-state index in [4.69, 9.17) is 9.84 Å². The fourth-order valence-electron chi connectivity index (χ4n) is 2.13. The summed E-state index contributed by atoms with van der Waals surface area (Å²) in [4.78, 5) is 10.9. The molecule has 0 radical (unpaired) electrons. The summed E-state index contributed by atoms with van der Waals surface area (Å²) >= 11 is 0. The smallest absolute Gasteiger partial charge is 0.307 e. The number of carbonyl (C=O) groups is 1. The first kappa shape index (κ1) is 17.6. The lowest BCUT2D eigenvalue weighted by molar-refractivity contribution is -0.136. The van der Waals surface area contributed by atoms with E-state index in [0.29, 0.717) is 0 Å². The highest BCUT2D eigenvalue weighted by atomic mass is 35.5. The predicted octanol–water partition coefficient (Wildman–Crippen LogP) is 2.97. The van der Waals surface area contributed by atoms with Gasteiger partial charge >= 0.3 is 5.97 Å². The summed E-state index contributed by atoms with van der Waals surface area (Å²) in [6.45, 7) is 1.94. The molecule has 0 saturated heterocycles. The molecule has 4 nitrogen and oxygen atoms in total. The number of hydrogen-bond acceptors (Lipinski definition) is 2. The molecule has 1 aromatic heterocycles. The summed E-state index contributed by atoms with van der Waals surface area (Å²) in [6, 6.07) is 5.72. The van der Waals surface area contributed by atoms with Crippen LogP contribution >= 0.6 is 24.8 Å². The summed E-state index contributed by atoms with van der Waals surface area (Å²) in [5, 5.41) is 9.90. The van der Waals surface area contributed by atoms with Crippen LogP contribution in [0.1, 0.15) is 11.3 Å². The molecule has 0 amide bonds. The molecule has 19 heavy (non-hydrogen) atoms. The summed E-state index contributed by atoms with van der Waals surface area (Å²) in [7, 11) is 3.54. The zero-order valence-electron chi connectivity index (χ0n) is 11.0. The molecule has 6 heteroatoms. The molecule has 1 aromatic carbocycles. The molecule has 0 atom stereocenters. The number of halogens is 2. The first-order valence-corrected chi connectivity index (χ1v) is 5.38. The van der Waals surface area contributed by atoms with Crippen molar-refractivity contribution in [2.24, 2.45) is 7.05 Å². The highest BCUT2D eigenvalue weighted by Crippen LogP contribution is 2.28. The molecule has 0 aliphatic heterocycles. The van der Waals surface area contributed by atoms with E-state index in [2.05, 4.69) is 0 Å². The summed E-state index contributed by atoms with van der Waals surface area (Å²) in [6.07, 6.45) is 0.0380. The van der Waals surface area contributed by atoms with E-state index in [0.717, 1.165) is 27.9 Å². The quantitative estimate of drug-likeness (QED) is 0.948. The second-order valence-corrected chi connectivity index (χ2v) is 4.08. The number of carboxylic acid groups (broad SMARTS) is 1. The van der Waals surface area contributed by atoms with Crippen molar-refractivity contribution in [3.8, 4) is 5.75 Å². The Morgan fingerprint density at radius 1 is 1.37 bits per heavy atom. The topological polar surface area (TPSA) is 51.5 Å². The molecule has 2 aromatic rings. The van der Waals surface area contributed by atoms with Gasteiger partial charge in [0.25, 0.3) is 0 Å². The van der Waals surface area contributed by atoms with Crippen molar-refractivity contribution in [3.63, 3.8) is 0 Å². The van der Waals surface area contributed by atoms with Crippen LogP contribution in [0.25, 0.3) is 10.9 Å². The van der Waals surface area contributed by atoms with Crippen molar-refractivity contribution in [2.45, 2.75) is 13.3 Å². The van der Waals surface area contributed by atoms with Crippen LogP contribution in [0.15, 0.2) is 18.2 Å². The maximum atomic E-state index is 10.9. The van der Waals surface area contributed by atoms with Crippen LogP contribution in [0.4, 0.5) is 0 Å². The van der Waals surface area contributed by atoms with Gasteiger partial charge in [-0.1, -0.05) is 0 Å². The van der Waals surface area contributed by atoms with Crippen molar-refractivity contribution >= 4 is 41.7 Å². The molecule has 0 bridgehead atoms. The minimum Gasteiger partial charge on any atom is -0.497 e. The SMILES string of the molecule is COc1ccc2c(c1)c(CC(=O)O)c(C)n2C.Cl.Cl. The number of hydrogen-bond donors (Lipinski definition) is 1. The Morgan fingerprint density at radius 3 is 2.53 bits per heavy atom. The van der Waals surface area contributed by atoms with Gasteiger partial charge in [-0.2, -0.15) is 0 Å². The number of aryl methyl sites for hydroxylation is 1. The molecular formula is C13H17Cl2NO3. The Hall–Kier alpha value is -1.39. The normalized spacial score (nSPS) is 9.63. The number of aliphatic carboxylic acids is 1. The maximum absolute atomic E-state index is 10.9. The van der Waals surface area contributed by atoms with E-state index >= 15 is 0 Å². The predicted molar refractivity (Wildman–Crippen MR) is 80.0 cm³/mol. The van der Waals surface area contributed by atoms with Crippen LogP contribution in [0.2, 0.25) is 0 Å². The van der Waals surface area contributed by atoms with Crippen LogP contribution < -0.4 is 4.74 Å². The van der Waals surface area contributed by atoms with Gasteiger partial charge in [-0.15, -0.1) is 24.8 Å². The molecule has 0 aliphatic carbocycles. The molecule has 0 fully saturated rings. The van der Waals surface area contributed by atoms with Gasteiger partial charge in [-0.25, -0.2) is 0 Å². The number of rotatable bonds is 3. The largest absolute Gasteiger partial charge is 0.497 e. The highest BCUT2D eigenvalue weighted by molar-refractivity contribution is 5.90. The molecule has 0 aliphatic rings. The average Bonchev–Trinajstić information content (AvgIpc) is 2.53. The Morgan fingerprint density at radius 2 is 2.00 bits per heavy atom. The second kappa shape index (κ2) is 6.68. The molecule has 2 rings (SSSR count). The molecular weight excluding hydrogens is 289 g/mol. The number of aromatic nitrogens is 1. The van der Waals surface area contributed by atoms with Crippen molar-refractivity contribution in [1.29, 1.82) is 0 Å². The molecule has 1 heterocycles. The van der Waals surface area contributed by atoms with E-state index in [1.54, 1.807) is 7.11 Å². The zero-order valence-corrected chi connectivity index (χ0v) is 12.6. The van der Waals surface area contributed by atoms with Gasteiger partial charge in [-0.3, -0.25) is 4.79 Å². The third-order valence-corrected chi connectivity index (χ3v) is 3.16. The highest BCUT2D eigenvalue weighted by Gasteiger charge is 2.14. The Balaban J connectivity index is 0.00000162. The van der Waals surface area contributed by atoms with Gasteiger partial charge < -0.3 is 14.4 Å². The third-order valence-electron chi connectivity index (χ3n) is 3.16. The van der Waals surface area contributed by atoms with Gasteiger partial charge in [0.15, 0.2) is 0 Å². The third kappa shape index (κ3) is 3.14. The number of carboxylic acids is 1. The number of ether oxygens (including phenoxy) is 1. The molecule has 0 spiro atoms. The van der Waals surface area contributed by atoms with Crippen molar-refractivity contribution in [2.75, 3.05) is 7.11 Å². The lowest BCUT2D eigenvalue weighted by Gasteiger charge is -2.01. The molecule has 1 N–H and O–H groups in total. The van der Waals surface area contributed by atoms with Crippen LogP contribution in [0.3, 0.4) is 0 Å². The summed E-state index contributed by atoms with van der Waals surface area (Å²) in [5.41, 5.74) is 2.86. The summed E-state index contributed by atoms with van der Waals surface area (Å²) in [5.74, 6) is -0.0711. The first-order chi connectivity index (χ1) is 8.04. The lowest BCUT2D eigenvalue weighted by Crippen LogP contribution is -2.01. The van der Waals surface area contributed by atoms with Gasteiger partial charge in [-0.05, 0) is 30.7 Å². The molecule has 0 unspecified atom stereocenters. The fraction of sp³-hybridized carbons (Fsp3) is 0.308. The first-order valence-electron chi connectivity index (χ1n) is 5.38. The summed E-state index contributed by atoms with van der Waals surface area (Å²) < 4.78 is 7.18. The molecule has 106 valence electrons. The van der Waals surface area contributed by atoms with Crippen LogP contribution in [0, 0.1) is 6.92 Å². The average molecular weight is 306 g/mol. The minimum absolute atomic E-state index is 0. The van der Waals surface area contributed by atoms with Crippen molar-refractivity contribution in [3.05, 3.63) is 29.5 Å². The van der Waals surface area contributed by atoms with E-state index in [1.807, 2.05) is 36.7 Å². The number of benzene rings is 1. The fourth-order valence-corrected chi connectivity index (χ4v) is 2.13.